The Kier molecular flexibility index (Phi) is 7.19. The Morgan fingerprint density at radius 1 is 0.867 bits per heavy atom. The van der Waals surface area contributed by atoms with E-state index in [4.69, 9.17) is 15.6 Å². The van der Waals surface area contributed by atoms with Gasteiger partial charge in [-0.3, -0.25) is 9.59 Å². The predicted octanol–water partition coefficient (Wildman–Crippen LogP) is 3.41. The molecule has 0 unspecified atom stereocenters. The van der Waals surface area contributed by atoms with E-state index in [-0.39, 0.29) is 12.3 Å². The number of amides is 1. The van der Waals surface area contributed by atoms with E-state index in [2.05, 4.69) is 5.32 Å². The maximum Gasteiger partial charge on any atom is 0.320 e. The van der Waals surface area contributed by atoms with Crippen molar-refractivity contribution in [2.75, 3.05) is 6.54 Å². The lowest BCUT2D eigenvalue weighted by atomic mass is 10.0. The Morgan fingerprint density at radius 3 is 2.10 bits per heavy atom. The van der Waals surface area contributed by atoms with E-state index in [1.807, 2.05) is 54.6 Å². The van der Waals surface area contributed by atoms with Crippen molar-refractivity contribution in [2.45, 2.75) is 18.9 Å². The van der Waals surface area contributed by atoms with Gasteiger partial charge in [0.25, 0.3) is 5.91 Å². The minimum absolute atomic E-state index is 0.173. The normalized spacial score (nSPS) is 11.5. The summed E-state index contributed by atoms with van der Waals surface area (Å²) in [5.41, 5.74) is 7.92. The Hall–Kier alpha value is -3.64. The number of rotatable bonds is 9. The van der Waals surface area contributed by atoms with E-state index in [0.29, 0.717) is 18.5 Å². The van der Waals surface area contributed by atoms with Gasteiger partial charge in [-0.05, 0) is 60.4 Å². The van der Waals surface area contributed by atoms with Gasteiger partial charge in [-0.2, -0.15) is 0 Å². The van der Waals surface area contributed by atoms with Crippen LogP contribution in [0, 0.1) is 0 Å². The Labute approximate surface area is 175 Å². The van der Waals surface area contributed by atoms with E-state index in [1.165, 1.54) is 0 Å². The zero-order valence-corrected chi connectivity index (χ0v) is 16.5. The van der Waals surface area contributed by atoms with Crippen LogP contribution < -0.4 is 15.8 Å². The zero-order valence-electron chi connectivity index (χ0n) is 16.5. The average Bonchev–Trinajstić information content (AvgIpc) is 2.76. The monoisotopic (exact) mass is 404 g/mol. The van der Waals surface area contributed by atoms with Crippen molar-refractivity contribution in [2.24, 2.45) is 5.73 Å². The molecule has 0 aliphatic rings. The lowest BCUT2D eigenvalue weighted by molar-refractivity contribution is -0.138. The maximum absolute atomic E-state index is 12.3. The highest BCUT2D eigenvalue weighted by Crippen LogP contribution is 2.21. The predicted molar refractivity (Wildman–Crippen MR) is 115 cm³/mol. The number of nitrogens with one attached hydrogen (secondary N) is 1. The molecule has 0 radical (unpaired) electrons. The van der Waals surface area contributed by atoms with Crippen molar-refractivity contribution in [1.82, 2.24) is 5.32 Å². The largest absolute Gasteiger partial charge is 0.480 e. The molecule has 0 heterocycles. The van der Waals surface area contributed by atoms with Crippen molar-refractivity contribution in [1.29, 1.82) is 0 Å². The number of para-hydroxylation sites is 1. The number of nitrogens with two attached hydrogens (primary N) is 1. The van der Waals surface area contributed by atoms with Crippen molar-refractivity contribution < 1.29 is 19.4 Å². The van der Waals surface area contributed by atoms with Crippen molar-refractivity contribution >= 4 is 11.9 Å². The molecular formula is C24H24N2O4. The maximum atomic E-state index is 12.3. The van der Waals surface area contributed by atoms with Gasteiger partial charge in [0.05, 0.1) is 0 Å². The molecule has 3 aromatic rings. The van der Waals surface area contributed by atoms with Crippen LogP contribution in [-0.4, -0.2) is 29.6 Å². The topological polar surface area (TPSA) is 102 Å². The van der Waals surface area contributed by atoms with Crippen LogP contribution in [0.1, 0.15) is 21.5 Å². The number of carboxylic acids is 1. The quantitative estimate of drug-likeness (QED) is 0.507. The van der Waals surface area contributed by atoms with Gasteiger partial charge in [0.15, 0.2) is 0 Å². The Morgan fingerprint density at radius 2 is 1.47 bits per heavy atom. The van der Waals surface area contributed by atoms with E-state index in [0.717, 1.165) is 22.6 Å². The minimum Gasteiger partial charge on any atom is -0.480 e. The molecule has 0 aliphatic carbocycles. The second-order valence-corrected chi connectivity index (χ2v) is 6.91. The highest BCUT2D eigenvalue weighted by atomic mass is 16.5. The minimum atomic E-state index is -1.04. The number of hydrogen-bond donors (Lipinski definition) is 3. The van der Waals surface area contributed by atoms with Crippen LogP contribution in [0.3, 0.4) is 0 Å². The highest BCUT2D eigenvalue weighted by Gasteiger charge is 2.12. The molecule has 30 heavy (non-hydrogen) atoms. The summed E-state index contributed by atoms with van der Waals surface area (Å²) >= 11 is 0. The molecule has 6 heteroatoms. The molecule has 0 spiro atoms. The molecule has 6 nitrogen and oxygen atoms in total. The van der Waals surface area contributed by atoms with Gasteiger partial charge in [0.2, 0.25) is 0 Å². The second-order valence-electron chi connectivity index (χ2n) is 6.91. The standard InChI is InChI=1S/C24H24N2O4/c25-22(24(28)29)16-18-6-10-19(11-7-18)23(27)26-15-14-17-8-12-21(13-9-17)30-20-4-2-1-3-5-20/h1-13,22H,14-16,25H2,(H,26,27)(H,28,29)/t22-/m0/s1. The summed E-state index contributed by atoms with van der Waals surface area (Å²) in [4.78, 5) is 23.1. The first-order chi connectivity index (χ1) is 14.5. The number of carboxylic acid groups (broad SMARTS) is 1. The highest BCUT2D eigenvalue weighted by molar-refractivity contribution is 5.94. The lowest BCUT2D eigenvalue weighted by Crippen LogP contribution is -2.32. The zero-order chi connectivity index (χ0) is 21.3. The van der Waals surface area contributed by atoms with E-state index in [1.54, 1.807) is 24.3 Å². The first-order valence-corrected chi connectivity index (χ1v) is 9.68. The molecule has 0 saturated heterocycles. The summed E-state index contributed by atoms with van der Waals surface area (Å²) in [6.07, 6.45) is 0.921. The molecule has 0 fully saturated rings. The third kappa shape index (κ3) is 6.18. The van der Waals surface area contributed by atoms with Crippen LogP contribution in [0.25, 0.3) is 0 Å². The lowest BCUT2D eigenvalue weighted by Gasteiger charge is -2.09. The van der Waals surface area contributed by atoms with E-state index < -0.39 is 12.0 Å². The summed E-state index contributed by atoms with van der Waals surface area (Å²) in [5.74, 6) is 0.328. The number of carbonyl (C=O) groups is 2. The molecule has 0 aromatic heterocycles. The second kappa shape index (κ2) is 10.2. The van der Waals surface area contributed by atoms with Crippen molar-refractivity contribution in [3.8, 4) is 11.5 Å². The van der Waals surface area contributed by atoms with Crippen LogP contribution in [0.5, 0.6) is 11.5 Å². The first kappa shape index (κ1) is 21.1. The molecule has 3 aromatic carbocycles. The Balaban J connectivity index is 1.45. The Bertz CT molecular complexity index is 970. The summed E-state index contributed by atoms with van der Waals surface area (Å²) in [7, 11) is 0. The molecule has 0 saturated carbocycles. The fourth-order valence-corrected chi connectivity index (χ4v) is 2.90. The molecular weight excluding hydrogens is 380 g/mol. The fraction of sp³-hybridized carbons (Fsp3) is 0.167. The van der Waals surface area contributed by atoms with Crippen LogP contribution in [0.2, 0.25) is 0 Å². The SMILES string of the molecule is N[C@@H](Cc1ccc(C(=O)NCCc2ccc(Oc3ccccc3)cc2)cc1)C(=O)O. The molecule has 3 rings (SSSR count). The van der Waals surface area contributed by atoms with Crippen molar-refractivity contribution in [3.63, 3.8) is 0 Å². The molecule has 154 valence electrons. The van der Waals surface area contributed by atoms with E-state index >= 15 is 0 Å². The molecule has 1 amide bonds. The van der Waals surface area contributed by atoms with Crippen LogP contribution in [0.4, 0.5) is 0 Å². The van der Waals surface area contributed by atoms with Crippen LogP contribution in [-0.2, 0) is 17.6 Å². The molecule has 4 N–H and O–H groups in total. The van der Waals surface area contributed by atoms with Crippen molar-refractivity contribution in [3.05, 3.63) is 95.6 Å². The number of aliphatic carboxylic acids is 1. The number of ether oxygens (including phenoxy) is 1. The van der Waals surface area contributed by atoms with Gasteiger partial charge < -0.3 is 20.9 Å². The summed E-state index contributed by atoms with van der Waals surface area (Å²) in [6, 6.07) is 23.2. The first-order valence-electron chi connectivity index (χ1n) is 9.68. The van der Waals surface area contributed by atoms with Gasteiger partial charge in [-0.15, -0.1) is 0 Å². The average molecular weight is 404 g/mol. The van der Waals surface area contributed by atoms with Gasteiger partial charge in [0, 0.05) is 12.1 Å². The smallest absolute Gasteiger partial charge is 0.320 e. The van der Waals surface area contributed by atoms with Gasteiger partial charge >= 0.3 is 5.97 Å². The molecule has 0 bridgehead atoms. The number of carbonyl (C=O) groups excluding carboxylic acids is 1. The van der Waals surface area contributed by atoms with Gasteiger partial charge in [-0.25, -0.2) is 0 Å². The summed E-state index contributed by atoms with van der Waals surface area (Å²) in [5, 5.41) is 11.8. The third-order valence-corrected chi connectivity index (χ3v) is 4.59. The summed E-state index contributed by atoms with van der Waals surface area (Å²) in [6.45, 7) is 0.503. The van der Waals surface area contributed by atoms with Gasteiger partial charge in [-0.1, -0.05) is 42.5 Å². The summed E-state index contributed by atoms with van der Waals surface area (Å²) < 4.78 is 5.77. The number of hydrogen-bond acceptors (Lipinski definition) is 4. The third-order valence-electron chi connectivity index (χ3n) is 4.59. The molecule has 0 aliphatic heterocycles. The van der Waals surface area contributed by atoms with Gasteiger partial charge in [0.1, 0.15) is 17.5 Å². The van der Waals surface area contributed by atoms with E-state index in [9.17, 15) is 9.59 Å². The fourth-order valence-electron chi connectivity index (χ4n) is 2.90. The number of benzene rings is 3. The molecule has 1 atom stereocenters. The van der Waals surface area contributed by atoms with Crippen LogP contribution in [0.15, 0.2) is 78.9 Å². The van der Waals surface area contributed by atoms with Crippen LogP contribution >= 0.6 is 0 Å².